The maximum absolute atomic E-state index is 5.73. The molecule has 140 valence electrons. The summed E-state index contributed by atoms with van der Waals surface area (Å²) in [5.74, 6) is 1.20. The molecule has 0 radical (unpaired) electrons. The Morgan fingerprint density at radius 2 is 1.81 bits per heavy atom. The van der Waals surface area contributed by atoms with E-state index in [9.17, 15) is 0 Å². The van der Waals surface area contributed by atoms with Crippen molar-refractivity contribution in [1.82, 2.24) is 20.4 Å². The van der Waals surface area contributed by atoms with Crippen LogP contribution in [0.15, 0.2) is 30.5 Å². The van der Waals surface area contributed by atoms with Crippen molar-refractivity contribution in [3.63, 3.8) is 0 Å². The van der Waals surface area contributed by atoms with Gasteiger partial charge in [0.2, 0.25) is 0 Å². The van der Waals surface area contributed by atoms with E-state index in [0.29, 0.717) is 5.92 Å². The van der Waals surface area contributed by atoms with Crippen molar-refractivity contribution >= 4 is 21.8 Å². The van der Waals surface area contributed by atoms with Gasteiger partial charge in [0.15, 0.2) is 0 Å². The Bertz CT molecular complexity index is 1130. The molecular formula is C22H26N4O. The highest BCUT2D eigenvalue weighted by Gasteiger charge is 2.21. The van der Waals surface area contributed by atoms with Crippen LogP contribution in [0.2, 0.25) is 0 Å². The van der Waals surface area contributed by atoms with E-state index in [1.807, 2.05) is 6.20 Å². The number of nitrogens with one attached hydrogen (secondary N) is 2. The lowest BCUT2D eigenvalue weighted by atomic mass is 9.86. The molecule has 0 atom stereocenters. The fraction of sp³-hybridized carbons (Fsp3) is 0.364. The van der Waals surface area contributed by atoms with E-state index in [-0.39, 0.29) is 5.41 Å². The summed E-state index contributed by atoms with van der Waals surface area (Å²) in [5.41, 5.74) is 6.46. The summed E-state index contributed by atoms with van der Waals surface area (Å²) >= 11 is 0. The molecule has 0 saturated carbocycles. The van der Waals surface area contributed by atoms with Crippen LogP contribution in [0.25, 0.3) is 33.1 Å². The van der Waals surface area contributed by atoms with Crippen molar-refractivity contribution in [1.29, 1.82) is 0 Å². The normalized spacial score (nSPS) is 12.4. The van der Waals surface area contributed by atoms with Crippen molar-refractivity contribution in [3.8, 4) is 17.0 Å². The predicted octanol–water partition coefficient (Wildman–Crippen LogP) is 5.54. The minimum Gasteiger partial charge on any atom is -0.496 e. The van der Waals surface area contributed by atoms with Crippen LogP contribution < -0.4 is 4.74 Å². The number of benzene rings is 2. The Kier molecular flexibility index (Phi) is 3.98. The maximum atomic E-state index is 5.73. The number of H-pyrrole nitrogens is 2. The minimum atomic E-state index is 0.0746. The van der Waals surface area contributed by atoms with E-state index >= 15 is 0 Å². The second kappa shape index (κ2) is 6.12. The number of fused-ring (bicyclic) bond motifs is 2. The highest BCUT2D eigenvalue weighted by Crippen LogP contribution is 2.41. The van der Waals surface area contributed by atoms with Crippen molar-refractivity contribution < 1.29 is 4.74 Å². The molecule has 2 heterocycles. The average molecular weight is 362 g/mol. The Morgan fingerprint density at radius 3 is 2.48 bits per heavy atom. The lowest BCUT2D eigenvalue weighted by Gasteiger charge is -2.19. The maximum Gasteiger partial charge on any atom is 0.123 e. The topological polar surface area (TPSA) is 66.6 Å². The first kappa shape index (κ1) is 17.6. The zero-order valence-corrected chi connectivity index (χ0v) is 16.8. The van der Waals surface area contributed by atoms with Crippen LogP contribution in [0.1, 0.15) is 51.7 Å². The van der Waals surface area contributed by atoms with Gasteiger partial charge in [-0.15, -0.1) is 0 Å². The van der Waals surface area contributed by atoms with Crippen LogP contribution in [0.3, 0.4) is 0 Å². The van der Waals surface area contributed by atoms with Gasteiger partial charge in [-0.1, -0.05) is 40.7 Å². The molecule has 0 saturated heterocycles. The third kappa shape index (κ3) is 2.78. The standard InChI is InChI=1S/C22H26N4O/c1-12(2)19-16-11-23-25-21(16)15(10-18(19)27-6)20-14-9-13(22(3,4)5)7-8-17(14)24-26-20/h7-12H,1-6H3,(H,23,25)(H,24,26). The van der Waals surface area contributed by atoms with Crippen molar-refractivity contribution in [3.05, 3.63) is 41.6 Å². The smallest absolute Gasteiger partial charge is 0.123 e. The molecule has 0 aliphatic heterocycles. The Balaban J connectivity index is 2.03. The van der Waals surface area contributed by atoms with Crippen LogP contribution in [0.5, 0.6) is 5.75 Å². The predicted molar refractivity (Wildman–Crippen MR) is 111 cm³/mol. The summed E-state index contributed by atoms with van der Waals surface area (Å²) in [6.07, 6.45) is 1.88. The first-order valence-corrected chi connectivity index (χ1v) is 9.34. The lowest BCUT2D eigenvalue weighted by Crippen LogP contribution is -2.10. The number of nitrogens with zero attached hydrogens (tertiary/aromatic N) is 2. The summed E-state index contributed by atoms with van der Waals surface area (Å²) in [5, 5.41) is 17.5. The second-order valence-electron chi connectivity index (χ2n) is 8.44. The van der Waals surface area contributed by atoms with Crippen molar-refractivity contribution in [2.24, 2.45) is 0 Å². The second-order valence-corrected chi connectivity index (χ2v) is 8.44. The fourth-order valence-corrected chi connectivity index (χ4v) is 3.75. The van der Waals surface area contributed by atoms with Crippen LogP contribution in [0, 0.1) is 0 Å². The monoisotopic (exact) mass is 362 g/mol. The largest absolute Gasteiger partial charge is 0.496 e. The number of rotatable bonds is 3. The number of aromatic amines is 2. The van der Waals surface area contributed by atoms with E-state index in [4.69, 9.17) is 4.74 Å². The molecule has 5 heteroatoms. The van der Waals surface area contributed by atoms with Gasteiger partial charge >= 0.3 is 0 Å². The van der Waals surface area contributed by atoms with E-state index in [0.717, 1.165) is 38.8 Å². The molecule has 5 nitrogen and oxygen atoms in total. The highest BCUT2D eigenvalue weighted by molar-refractivity contribution is 6.03. The van der Waals surface area contributed by atoms with E-state index < -0.39 is 0 Å². The molecule has 0 fully saturated rings. The van der Waals surface area contributed by atoms with Crippen LogP contribution in [-0.2, 0) is 5.41 Å². The molecule has 4 rings (SSSR count). The molecule has 2 aromatic carbocycles. The third-order valence-electron chi connectivity index (χ3n) is 5.22. The fourth-order valence-electron chi connectivity index (χ4n) is 3.75. The van der Waals surface area contributed by atoms with Gasteiger partial charge in [0.25, 0.3) is 0 Å². The summed E-state index contributed by atoms with van der Waals surface area (Å²) < 4.78 is 5.73. The van der Waals surface area contributed by atoms with E-state index in [2.05, 4.69) is 79.3 Å². The molecule has 4 aromatic rings. The highest BCUT2D eigenvalue weighted by atomic mass is 16.5. The Hall–Kier alpha value is -2.82. The Morgan fingerprint density at radius 1 is 1.04 bits per heavy atom. The Labute approximate surface area is 159 Å². The van der Waals surface area contributed by atoms with Gasteiger partial charge in [0.1, 0.15) is 11.4 Å². The number of hydrogen-bond donors (Lipinski definition) is 2. The lowest BCUT2D eigenvalue weighted by molar-refractivity contribution is 0.409. The van der Waals surface area contributed by atoms with Gasteiger partial charge in [-0.25, -0.2) is 0 Å². The number of methoxy groups -OCH3 is 1. The summed E-state index contributed by atoms with van der Waals surface area (Å²) in [6.45, 7) is 11.0. The van der Waals surface area contributed by atoms with E-state index in [1.165, 1.54) is 11.1 Å². The molecule has 27 heavy (non-hydrogen) atoms. The number of aromatic nitrogens is 4. The summed E-state index contributed by atoms with van der Waals surface area (Å²) in [4.78, 5) is 0. The molecule has 2 aromatic heterocycles. The molecule has 0 bridgehead atoms. The summed E-state index contributed by atoms with van der Waals surface area (Å²) in [6, 6.07) is 8.59. The van der Waals surface area contributed by atoms with E-state index in [1.54, 1.807) is 7.11 Å². The minimum absolute atomic E-state index is 0.0746. The third-order valence-corrected chi connectivity index (χ3v) is 5.22. The zero-order chi connectivity index (χ0) is 19.3. The van der Waals surface area contributed by atoms with Crippen LogP contribution >= 0.6 is 0 Å². The molecule has 0 amide bonds. The number of ether oxygens (including phenoxy) is 1. The summed E-state index contributed by atoms with van der Waals surface area (Å²) in [7, 11) is 1.72. The molecule has 0 unspecified atom stereocenters. The molecular weight excluding hydrogens is 336 g/mol. The first-order chi connectivity index (χ1) is 12.8. The molecule has 0 aliphatic carbocycles. The first-order valence-electron chi connectivity index (χ1n) is 9.34. The van der Waals surface area contributed by atoms with Gasteiger partial charge in [0, 0.05) is 21.9 Å². The van der Waals surface area contributed by atoms with Crippen LogP contribution in [0.4, 0.5) is 0 Å². The van der Waals surface area contributed by atoms with Crippen LogP contribution in [-0.4, -0.2) is 27.5 Å². The average Bonchev–Trinajstić information content (AvgIpc) is 3.25. The van der Waals surface area contributed by atoms with Crippen molar-refractivity contribution in [2.75, 3.05) is 7.11 Å². The van der Waals surface area contributed by atoms with Gasteiger partial charge < -0.3 is 4.74 Å². The van der Waals surface area contributed by atoms with Gasteiger partial charge in [0.05, 0.1) is 24.3 Å². The SMILES string of the molecule is COc1cc(-c2n[nH]c3ccc(C(C)(C)C)cc23)c2[nH]ncc2c1C(C)C. The quantitative estimate of drug-likeness (QED) is 0.503. The zero-order valence-electron chi connectivity index (χ0n) is 16.8. The van der Waals surface area contributed by atoms with Gasteiger partial charge in [-0.2, -0.15) is 10.2 Å². The van der Waals surface area contributed by atoms with Gasteiger partial charge in [-0.3, -0.25) is 10.2 Å². The van der Waals surface area contributed by atoms with Gasteiger partial charge in [-0.05, 0) is 35.1 Å². The molecule has 2 N–H and O–H groups in total. The molecule has 0 aliphatic rings. The number of hydrogen-bond acceptors (Lipinski definition) is 3. The molecule has 0 spiro atoms. The van der Waals surface area contributed by atoms with Crippen molar-refractivity contribution in [2.45, 2.75) is 46.0 Å².